The first kappa shape index (κ1) is 16.6. The molecule has 0 aliphatic carbocycles. The van der Waals surface area contributed by atoms with Crippen LogP contribution in [0.1, 0.15) is 33.6 Å². The molecule has 116 valence electrons. The summed E-state index contributed by atoms with van der Waals surface area (Å²) in [6.07, 6.45) is -2.58. The number of rotatable bonds is 4. The first-order valence-corrected chi connectivity index (χ1v) is 6.16. The Hall–Kier alpha value is -1.44. The molecule has 6 nitrogen and oxygen atoms in total. The fraction of sp³-hybridized carbons (Fsp3) is 0.833. The van der Waals surface area contributed by atoms with Gasteiger partial charge in [-0.3, -0.25) is 4.79 Å². The zero-order valence-corrected chi connectivity index (χ0v) is 11.7. The van der Waals surface area contributed by atoms with Crippen molar-refractivity contribution in [3.05, 3.63) is 0 Å². The van der Waals surface area contributed by atoms with E-state index < -0.39 is 42.2 Å². The number of halogens is 2. The first-order valence-electron chi connectivity index (χ1n) is 6.16. The average molecular weight is 295 g/mol. The normalized spacial score (nSPS) is 23.4. The topological polar surface area (TPSA) is 84.9 Å². The number of alkyl carbamates (subject to hydrolysis) is 1. The molecule has 2 N–H and O–H groups in total. The lowest BCUT2D eigenvalue weighted by molar-refractivity contribution is -0.153. The van der Waals surface area contributed by atoms with Crippen molar-refractivity contribution in [3.63, 3.8) is 0 Å². The molecule has 8 heteroatoms. The molecule has 0 bridgehead atoms. The number of hydrogen-bond donors (Lipinski definition) is 2. The van der Waals surface area contributed by atoms with Gasteiger partial charge in [-0.25, -0.2) is 13.6 Å². The number of nitrogens with one attached hydrogen (secondary N) is 1. The molecule has 1 atom stereocenters. The van der Waals surface area contributed by atoms with Crippen LogP contribution in [-0.2, 0) is 14.3 Å². The zero-order valence-electron chi connectivity index (χ0n) is 11.7. The van der Waals surface area contributed by atoms with Gasteiger partial charge in [0.25, 0.3) is 5.92 Å². The molecule has 0 aromatic heterocycles. The van der Waals surface area contributed by atoms with E-state index in [-0.39, 0.29) is 13.0 Å². The number of aliphatic carboxylic acids is 1. The lowest BCUT2D eigenvalue weighted by Gasteiger charge is -2.36. The lowest BCUT2D eigenvalue weighted by atomic mass is 9.88. The molecular weight excluding hydrogens is 276 g/mol. The van der Waals surface area contributed by atoms with Gasteiger partial charge in [0.15, 0.2) is 0 Å². The molecule has 0 spiro atoms. The second-order valence-corrected chi connectivity index (χ2v) is 5.79. The van der Waals surface area contributed by atoms with Gasteiger partial charge in [-0.2, -0.15) is 0 Å². The molecule has 1 fully saturated rings. The van der Waals surface area contributed by atoms with E-state index in [1.54, 1.807) is 20.8 Å². The fourth-order valence-corrected chi connectivity index (χ4v) is 1.90. The van der Waals surface area contributed by atoms with Crippen LogP contribution in [0.5, 0.6) is 0 Å². The van der Waals surface area contributed by atoms with Crippen LogP contribution in [0.4, 0.5) is 13.6 Å². The number of carboxylic acid groups (broad SMARTS) is 1. The van der Waals surface area contributed by atoms with Crippen LogP contribution in [0.3, 0.4) is 0 Å². The number of amides is 1. The van der Waals surface area contributed by atoms with Gasteiger partial charge >= 0.3 is 12.1 Å². The molecule has 1 aliphatic rings. The van der Waals surface area contributed by atoms with E-state index in [1.165, 1.54) is 0 Å². The summed E-state index contributed by atoms with van der Waals surface area (Å²) in [6.45, 7) is 4.36. The van der Waals surface area contributed by atoms with Gasteiger partial charge in [0.05, 0.1) is 6.61 Å². The molecule has 1 heterocycles. The number of carboxylic acids is 1. The Bertz CT molecular complexity index is 386. The van der Waals surface area contributed by atoms with E-state index in [0.717, 1.165) is 0 Å². The van der Waals surface area contributed by atoms with Crippen LogP contribution in [0.15, 0.2) is 0 Å². The number of carbonyl (C=O) groups is 2. The zero-order chi connectivity index (χ0) is 15.6. The van der Waals surface area contributed by atoms with Crippen molar-refractivity contribution in [1.82, 2.24) is 5.32 Å². The van der Waals surface area contributed by atoms with Crippen molar-refractivity contribution >= 4 is 12.1 Å². The third-order valence-corrected chi connectivity index (χ3v) is 2.84. The summed E-state index contributed by atoms with van der Waals surface area (Å²) in [4.78, 5) is 22.2. The third kappa shape index (κ3) is 4.03. The van der Waals surface area contributed by atoms with Gasteiger partial charge in [0.1, 0.15) is 17.6 Å². The smallest absolute Gasteiger partial charge is 0.408 e. The van der Waals surface area contributed by atoms with Crippen LogP contribution in [-0.4, -0.2) is 47.4 Å². The highest BCUT2D eigenvalue weighted by Gasteiger charge is 2.58. The van der Waals surface area contributed by atoms with Crippen LogP contribution < -0.4 is 5.32 Å². The molecule has 1 rings (SSSR count). The summed E-state index contributed by atoms with van der Waals surface area (Å²) in [6, 6.07) is 0. The van der Waals surface area contributed by atoms with Crippen molar-refractivity contribution in [2.75, 3.05) is 13.2 Å². The molecule has 1 amide bonds. The van der Waals surface area contributed by atoms with Crippen LogP contribution in [0.25, 0.3) is 0 Å². The van der Waals surface area contributed by atoms with Crippen molar-refractivity contribution in [1.29, 1.82) is 0 Å². The molecule has 1 saturated heterocycles. The number of carbonyl (C=O) groups excluding carboxylic acids is 1. The predicted octanol–water partition coefficient (Wildman–Crippen LogP) is 1.78. The minimum atomic E-state index is -3.63. The second kappa shape index (κ2) is 5.51. The highest BCUT2D eigenvalue weighted by molar-refractivity contribution is 5.71. The summed E-state index contributed by atoms with van der Waals surface area (Å²) in [5, 5.41) is 10.7. The summed E-state index contributed by atoms with van der Waals surface area (Å²) in [5.74, 6) is -5.28. The Morgan fingerprint density at radius 3 is 2.40 bits per heavy atom. The number of ether oxygens (including phenoxy) is 2. The minimum Gasteiger partial charge on any atom is -0.481 e. The van der Waals surface area contributed by atoms with Crippen LogP contribution >= 0.6 is 0 Å². The van der Waals surface area contributed by atoms with Gasteiger partial charge in [-0.05, 0) is 20.8 Å². The van der Waals surface area contributed by atoms with Gasteiger partial charge in [0, 0.05) is 13.0 Å². The maximum atomic E-state index is 14.1. The Balaban J connectivity index is 2.87. The van der Waals surface area contributed by atoms with Crippen LogP contribution in [0, 0.1) is 0 Å². The van der Waals surface area contributed by atoms with Crippen molar-refractivity contribution < 1.29 is 33.0 Å². The van der Waals surface area contributed by atoms with E-state index in [1.807, 2.05) is 0 Å². The first-order chi connectivity index (χ1) is 8.97. The number of alkyl halides is 2. The standard InChI is InChI=1S/C12H19F2NO5/c1-10(2,3)20-9(18)15-11(4-5-19-7-11)12(13,14)6-8(16)17/h4-7H2,1-3H3,(H,15,18)(H,16,17). The largest absolute Gasteiger partial charge is 0.481 e. The maximum Gasteiger partial charge on any atom is 0.408 e. The minimum absolute atomic E-state index is 0.0189. The fourth-order valence-electron chi connectivity index (χ4n) is 1.90. The Labute approximate surface area is 115 Å². The van der Waals surface area contributed by atoms with E-state index >= 15 is 0 Å². The molecule has 0 aromatic rings. The summed E-state index contributed by atoms with van der Waals surface area (Å²) in [7, 11) is 0. The van der Waals surface area contributed by atoms with Gasteiger partial charge < -0.3 is 19.9 Å². The van der Waals surface area contributed by atoms with Crippen LogP contribution in [0.2, 0.25) is 0 Å². The molecule has 0 aromatic carbocycles. The summed E-state index contributed by atoms with van der Waals surface area (Å²) in [5.41, 5.74) is -2.89. The van der Waals surface area contributed by atoms with Gasteiger partial charge in [0.2, 0.25) is 0 Å². The maximum absolute atomic E-state index is 14.1. The SMILES string of the molecule is CC(C)(C)OC(=O)NC1(C(F)(F)CC(=O)O)CCOC1. The lowest BCUT2D eigenvalue weighted by Crippen LogP contribution is -2.62. The van der Waals surface area contributed by atoms with Crippen molar-refractivity contribution in [2.24, 2.45) is 0 Å². The van der Waals surface area contributed by atoms with E-state index in [0.29, 0.717) is 0 Å². The Kier molecular flexibility index (Phi) is 4.58. The monoisotopic (exact) mass is 295 g/mol. The number of hydrogen-bond acceptors (Lipinski definition) is 4. The molecule has 0 radical (unpaired) electrons. The Morgan fingerprint density at radius 2 is 2.00 bits per heavy atom. The summed E-state index contributed by atoms with van der Waals surface area (Å²) < 4.78 is 38.0. The average Bonchev–Trinajstić information content (AvgIpc) is 2.62. The van der Waals surface area contributed by atoms with E-state index in [2.05, 4.69) is 5.32 Å². The van der Waals surface area contributed by atoms with Crippen molar-refractivity contribution in [3.8, 4) is 0 Å². The highest BCUT2D eigenvalue weighted by Crippen LogP contribution is 2.38. The van der Waals surface area contributed by atoms with Crippen molar-refractivity contribution in [2.45, 2.75) is 50.7 Å². The van der Waals surface area contributed by atoms with E-state index in [4.69, 9.17) is 14.6 Å². The molecule has 1 unspecified atom stereocenters. The Morgan fingerprint density at radius 1 is 1.40 bits per heavy atom. The van der Waals surface area contributed by atoms with Gasteiger partial charge in [-0.15, -0.1) is 0 Å². The van der Waals surface area contributed by atoms with E-state index in [9.17, 15) is 18.4 Å². The molecule has 0 saturated carbocycles. The third-order valence-electron chi connectivity index (χ3n) is 2.84. The quantitative estimate of drug-likeness (QED) is 0.826. The second-order valence-electron chi connectivity index (χ2n) is 5.79. The molecular formula is C12H19F2NO5. The predicted molar refractivity (Wildman–Crippen MR) is 64.7 cm³/mol. The van der Waals surface area contributed by atoms with Gasteiger partial charge in [-0.1, -0.05) is 0 Å². The molecule has 20 heavy (non-hydrogen) atoms. The molecule has 1 aliphatic heterocycles. The highest BCUT2D eigenvalue weighted by atomic mass is 19.3. The summed E-state index contributed by atoms with van der Waals surface area (Å²) >= 11 is 0.